The first-order valence-corrected chi connectivity index (χ1v) is 11.6. The molecule has 5 aromatic rings. The van der Waals surface area contributed by atoms with Gasteiger partial charge in [0.25, 0.3) is 10.1 Å². The molecule has 0 atom stereocenters. The number of fused-ring (bicyclic) bond motifs is 3. The van der Waals surface area contributed by atoms with E-state index in [0.29, 0.717) is 28.0 Å². The Morgan fingerprint density at radius 3 is 2.29 bits per heavy atom. The molecule has 7 nitrogen and oxygen atoms in total. The SMILES string of the molecule is Cc1ccc(-c2cccc(-c3nc4c(cc(S(=O)(=O)O)c5cccc(O)c54)[nH]3)c2O)cc1C.Cl. The Hall–Kier alpha value is -3.59. The number of para-hydroxylation sites is 1. The van der Waals surface area contributed by atoms with Crippen molar-refractivity contribution in [1.82, 2.24) is 9.97 Å². The Balaban J connectivity index is 0.00000274. The number of phenols is 2. The number of rotatable bonds is 3. The van der Waals surface area contributed by atoms with E-state index >= 15 is 0 Å². The summed E-state index contributed by atoms with van der Waals surface area (Å²) in [6.07, 6.45) is 0. The van der Waals surface area contributed by atoms with Gasteiger partial charge >= 0.3 is 0 Å². The number of aromatic nitrogens is 2. The number of aromatic hydroxyl groups is 2. The van der Waals surface area contributed by atoms with Crippen molar-refractivity contribution < 1.29 is 23.2 Å². The second kappa shape index (κ2) is 8.32. The lowest BCUT2D eigenvalue weighted by Crippen LogP contribution is -1.99. The van der Waals surface area contributed by atoms with E-state index in [1.807, 2.05) is 38.1 Å². The van der Waals surface area contributed by atoms with Crippen molar-refractivity contribution in [2.75, 3.05) is 0 Å². The van der Waals surface area contributed by atoms with Gasteiger partial charge in [0.2, 0.25) is 0 Å². The Morgan fingerprint density at radius 1 is 0.882 bits per heavy atom. The summed E-state index contributed by atoms with van der Waals surface area (Å²) in [4.78, 5) is 7.25. The fourth-order valence-corrected chi connectivity index (χ4v) is 4.82. The van der Waals surface area contributed by atoms with Crippen LogP contribution < -0.4 is 0 Å². The Morgan fingerprint density at radius 2 is 1.59 bits per heavy atom. The molecule has 34 heavy (non-hydrogen) atoms. The van der Waals surface area contributed by atoms with Crippen molar-refractivity contribution in [3.63, 3.8) is 0 Å². The molecule has 9 heteroatoms. The molecule has 0 radical (unpaired) electrons. The zero-order chi connectivity index (χ0) is 23.5. The molecule has 1 heterocycles. The number of phenolic OH excluding ortho intramolecular Hbond substituents is 2. The van der Waals surface area contributed by atoms with Gasteiger partial charge in [0.05, 0.1) is 16.5 Å². The summed E-state index contributed by atoms with van der Waals surface area (Å²) in [5, 5.41) is 21.9. The quantitative estimate of drug-likeness (QED) is 0.236. The van der Waals surface area contributed by atoms with E-state index in [0.717, 1.165) is 16.7 Å². The smallest absolute Gasteiger partial charge is 0.295 e. The van der Waals surface area contributed by atoms with Crippen LogP contribution >= 0.6 is 12.4 Å². The van der Waals surface area contributed by atoms with Gasteiger partial charge in [-0.25, -0.2) is 4.98 Å². The maximum absolute atomic E-state index is 12.0. The number of hydrogen-bond acceptors (Lipinski definition) is 5. The first-order valence-electron chi connectivity index (χ1n) is 10.2. The van der Waals surface area contributed by atoms with Crippen LogP contribution in [-0.4, -0.2) is 33.2 Å². The number of hydrogen-bond donors (Lipinski definition) is 4. The monoisotopic (exact) mass is 496 g/mol. The number of aromatic amines is 1. The second-order valence-electron chi connectivity index (χ2n) is 8.03. The van der Waals surface area contributed by atoms with Gasteiger partial charge in [0.1, 0.15) is 27.7 Å². The van der Waals surface area contributed by atoms with Gasteiger partial charge in [0, 0.05) is 10.9 Å². The third-order valence-electron chi connectivity index (χ3n) is 5.94. The minimum atomic E-state index is -4.56. The van der Waals surface area contributed by atoms with Gasteiger partial charge in [-0.15, -0.1) is 12.4 Å². The fraction of sp³-hybridized carbons (Fsp3) is 0.0800. The zero-order valence-corrected chi connectivity index (χ0v) is 19.8. The van der Waals surface area contributed by atoms with Gasteiger partial charge in [-0.1, -0.05) is 42.5 Å². The predicted molar refractivity (Wildman–Crippen MR) is 134 cm³/mol. The second-order valence-corrected chi connectivity index (χ2v) is 9.42. The number of benzene rings is 4. The predicted octanol–water partition coefficient (Wildman–Crippen LogP) is 5.75. The summed E-state index contributed by atoms with van der Waals surface area (Å²) < 4.78 is 33.7. The molecule has 0 bridgehead atoms. The number of imidazole rings is 1. The van der Waals surface area contributed by atoms with Crippen LogP contribution in [0.25, 0.3) is 44.3 Å². The van der Waals surface area contributed by atoms with Crippen LogP contribution in [0.2, 0.25) is 0 Å². The van der Waals surface area contributed by atoms with Crippen LogP contribution in [0.5, 0.6) is 11.5 Å². The molecule has 0 fully saturated rings. The van der Waals surface area contributed by atoms with Crippen molar-refractivity contribution in [3.8, 4) is 34.0 Å². The van der Waals surface area contributed by atoms with Gasteiger partial charge in [-0.2, -0.15) is 8.42 Å². The van der Waals surface area contributed by atoms with E-state index in [1.54, 1.807) is 12.1 Å². The lowest BCUT2D eigenvalue weighted by Gasteiger charge is -2.10. The molecule has 5 rings (SSSR count). The molecule has 0 aliphatic rings. The standard InChI is InChI=1S/C25H20N2O5S.ClH/c1-13-9-10-15(11-14(13)2)16-5-3-7-18(24(16)29)25-26-19-12-21(33(30,31)32)17-6-4-8-20(28)22(17)23(19)27-25;/h3-12,28-29H,1-2H3,(H,26,27)(H,30,31,32);1H. The van der Waals surface area contributed by atoms with E-state index in [2.05, 4.69) is 9.97 Å². The van der Waals surface area contributed by atoms with Crippen LogP contribution in [-0.2, 0) is 10.1 Å². The van der Waals surface area contributed by atoms with Crippen LogP contribution in [0, 0.1) is 13.8 Å². The highest BCUT2D eigenvalue weighted by atomic mass is 35.5. The van der Waals surface area contributed by atoms with Gasteiger partial charge in [-0.3, -0.25) is 4.55 Å². The van der Waals surface area contributed by atoms with Crippen molar-refractivity contribution in [2.45, 2.75) is 18.7 Å². The highest BCUT2D eigenvalue weighted by Crippen LogP contribution is 2.40. The van der Waals surface area contributed by atoms with E-state index in [9.17, 15) is 23.2 Å². The fourth-order valence-electron chi connectivity index (χ4n) is 4.10. The van der Waals surface area contributed by atoms with E-state index in [1.165, 1.54) is 24.3 Å². The summed E-state index contributed by atoms with van der Waals surface area (Å²) >= 11 is 0. The maximum Gasteiger partial charge on any atom is 0.295 e. The normalized spacial score (nSPS) is 11.6. The highest BCUT2D eigenvalue weighted by molar-refractivity contribution is 7.86. The van der Waals surface area contributed by atoms with E-state index in [-0.39, 0.29) is 39.6 Å². The molecule has 174 valence electrons. The lowest BCUT2D eigenvalue weighted by molar-refractivity contribution is 0.478. The first kappa shape index (κ1) is 23.6. The Kier molecular flexibility index (Phi) is 5.77. The van der Waals surface area contributed by atoms with Crippen molar-refractivity contribution >= 4 is 44.3 Å². The first-order chi connectivity index (χ1) is 15.6. The number of nitrogens with zero attached hydrogens (tertiary/aromatic N) is 1. The molecule has 0 saturated heterocycles. The molecule has 1 aromatic heterocycles. The molecule has 0 saturated carbocycles. The lowest BCUT2D eigenvalue weighted by atomic mass is 9.98. The van der Waals surface area contributed by atoms with Crippen LogP contribution in [0.3, 0.4) is 0 Å². The summed E-state index contributed by atoms with van der Waals surface area (Å²) in [5.41, 5.74) is 4.75. The molecular weight excluding hydrogens is 476 g/mol. The Bertz CT molecular complexity index is 1690. The average Bonchev–Trinajstić information content (AvgIpc) is 3.18. The third-order valence-corrected chi connectivity index (χ3v) is 6.83. The molecule has 4 aromatic carbocycles. The van der Waals surface area contributed by atoms with Crippen LogP contribution in [0.15, 0.2) is 65.6 Å². The van der Waals surface area contributed by atoms with Crippen LogP contribution in [0.4, 0.5) is 0 Å². The van der Waals surface area contributed by atoms with Gasteiger partial charge in [0.15, 0.2) is 0 Å². The third kappa shape index (κ3) is 3.75. The largest absolute Gasteiger partial charge is 0.507 e. The average molecular weight is 497 g/mol. The van der Waals surface area contributed by atoms with Crippen molar-refractivity contribution in [2.24, 2.45) is 0 Å². The summed E-state index contributed by atoms with van der Waals surface area (Å²) in [6, 6.07) is 16.9. The topological polar surface area (TPSA) is 124 Å². The summed E-state index contributed by atoms with van der Waals surface area (Å²) in [6.45, 7) is 4.02. The molecule has 4 N–H and O–H groups in total. The molecule has 0 aliphatic carbocycles. The molecule has 0 unspecified atom stereocenters. The van der Waals surface area contributed by atoms with E-state index < -0.39 is 10.1 Å². The maximum atomic E-state index is 12.0. The van der Waals surface area contributed by atoms with E-state index in [4.69, 9.17) is 0 Å². The van der Waals surface area contributed by atoms with Crippen molar-refractivity contribution in [1.29, 1.82) is 0 Å². The number of aryl methyl sites for hydroxylation is 2. The molecular formula is C25H21ClN2O5S. The Labute approximate surface area is 201 Å². The zero-order valence-electron chi connectivity index (χ0n) is 18.2. The molecule has 0 spiro atoms. The summed E-state index contributed by atoms with van der Waals surface area (Å²) in [5.74, 6) is 0.141. The number of H-pyrrole nitrogens is 1. The molecule has 0 amide bonds. The molecule has 0 aliphatic heterocycles. The minimum Gasteiger partial charge on any atom is -0.507 e. The highest BCUT2D eigenvalue weighted by Gasteiger charge is 2.22. The summed E-state index contributed by atoms with van der Waals surface area (Å²) in [7, 11) is -4.56. The van der Waals surface area contributed by atoms with Crippen molar-refractivity contribution in [3.05, 3.63) is 71.8 Å². The van der Waals surface area contributed by atoms with Gasteiger partial charge < -0.3 is 15.2 Å². The van der Waals surface area contributed by atoms with Crippen LogP contribution in [0.1, 0.15) is 11.1 Å². The minimum absolute atomic E-state index is 0. The van der Waals surface area contributed by atoms with Gasteiger partial charge in [-0.05, 0) is 48.7 Å². The number of halogens is 1. The number of nitrogens with one attached hydrogen (secondary N) is 1.